The monoisotopic (exact) mass is 377 g/mol. The lowest BCUT2D eigenvalue weighted by Crippen LogP contribution is -2.39. The van der Waals surface area contributed by atoms with E-state index < -0.39 is 11.5 Å². The van der Waals surface area contributed by atoms with E-state index in [0.717, 1.165) is 37.3 Å². The van der Waals surface area contributed by atoms with Crippen molar-refractivity contribution in [1.82, 2.24) is 25.0 Å². The fraction of sp³-hybridized carbons (Fsp3) is 0.412. The molecule has 3 heterocycles. The highest BCUT2D eigenvalue weighted by Gasteiger charge is 2.51. The van der Waals surface area contributed by atoms with E-state index in [9.17, 15) is 9.59 Å². The summed E-state index contributed by atoms with van der Waals surface area (Å²) in [6.45, 7) is 2.24. The maximum absolute atomic E-state index is 13.0. The number of carboxylic acid groups (broad SMARTS) is 1. The molecule has 1 aliphatic heterocycles. The van der Waals surface area contributed by atoms with Crippen molar-refractivity contribution >= 4 is 24.3 Å². The number of amides is 1. The Kier molecular flexibility index (Phi) is 4.72. The zero-order chi connectivity index (χ0) is 17.6. The van der Waals surface area contributed by atoms with Crippen LogP contribution in [-0.2, 0) is 18.6 Å². The lowest BCUT2D eigenvalue weighted by atomic mass is 10.1. The smallest absolute Gasteiger partial charge is 0.337 e. The third-order valence-electron chi connectivity index (χ3n) is 5.13. The van der Waals surface area contributed by atoms with Gasteiger partial charge in [-0.2, -0.15) is 5.10 Å². The number of aromatic nitrogens is 3. The van der Waals surface area contributed by atoms with Gasteiger partial charge in [-0.3, -0.25) is 14.5 Å². The molecule has 1 saturated carbocycles. The van der Waals surface area contributed by atoms with Crippen LogP contribution in [0.25, 0.3) is 0 Å². The third-order valence-corrected chi connectivity index (χ3v) is 5.13. The van der Waals surface area contributed by atoms with Crippen LogP contribution < -0.4 is 5.32 Å². The van der Waals surface area contributed by atoms with Crippen LogP contribution in [0.15, 0.2) is 24.5 Å². The maximum Gasteiger partial charge on any atom is 0.337 e. The average molecular weight is 378 g/mol. The van der Waals surface area contributed by atoms with E-state index in [-0.39, 0.29) is 23.9 Å². The van der Waals surface area contributed by atoms with Gasteiger partial charge in [-0.25, -0.2) is 4.79 Å². The molecule has 0 unspecified atom stereocenters. The van der Waals surface area contributed by atoms with Gasteiger partial charge in [0.25, 0.3) is 5.91 Å². The minimum Gasteiger partial charge on any atom is -0.478 e. The van der Waals surface area contributed by atoms with Crippen molar-refractivity contribution in [3.8, 4) is 0 Å². The number of aromatic carboxylic acids is 1. The van der Waals surface area contributed by atoms with Crippen LogP contribution in [0.3, 0.4) is 0 Å². The molecule has 138 valence electrons. The van der Waals surface area contributed by atoms with Crippen LogP contribution in [-0.4, -0.2) is 50.2 Å². The molecule has 1 aliphatic carbocycles. The number of hydrogen-bond acceptors (Lipinski definition) is 5. The molecule has 0 radical (unpaired) electrons. The summed E-state index contributed by atoms with van der Waals surface area (Å²) in [4.78, 5) is 30.1. The van der Waals surface area contributed by atoms with Crippen molar-refractivity contribution in [2.24, 2.45) is 0 Å². The SMILES string of the molecule is CN(C(=O)c1cnn2c1CNCC2)C1(c2ccc(C(=O)O)cn2)CC1.Cl. The number of carbonyl (C=O) groups excluding carboxylic acids is 1. The number of nitrogens with one attached hydrogen (secondary N) is 1. The van der Waals surface area contributed by atoms with Crippen LogP contribution in [0.5, 0.6) is 0 Å². The molecule has 0 bridgehead atoms. The van der Waals surface area contributed by atoms with Gasteiger partial charge in [-0.15, -0.1) is 12.4 Å². The summed E-state index contributed by atoms with van der Waals surface area (Å²) in [5.41, 5.74) is 1.94. The Hall–Kier alpha value is -2.45. The van der Waals surface area contributed by atoms with Crippen molar-refractivity contribution in [1.29, 1.82) is 0 Å². The van der Waals surface area contributed by atoms with Crippen LogP contribution in [0.2, 0.25) is 0 Å². The number of carbonyl (C=O) groups is 2. The molecule has 0 saturated heterocycles. The second-order valence-electron chi connectivity index (χ2n) is 6.54. The van der Waals surface area contributed by atoms with Gasteiger partial charge in [0.2, 0.25) is 0 Å². The number of rotatable bonds is 4. The van der Waals surface area contributed by atoms with Crippen molar-refractivity contribution in [2.75, 3.05) is 13.6 Å². The Morgan fingerprint density at radius 2 is 2.08 bits per heavy atom. The second kappa shape index (κ2) is 6.69. The molecule has 8 nitrogen and oxygen atoms in total. The summed E-state index contributed by atoms with van der Waals surface area (Å²) >= 11 is 0. The third kappa shape index (κ3) is 2.85. The molecule has 0 atom stereocenters. The van der Waals surface area contributed by atoms with E-state index in [1.54, 1.807) is 24.2 Å². The van der Waals surface area contributed by atoms with E-state index in [4.69, 9.17) is 5.11 Å². The number of fused-ring (bicyclic) bond motifs is 1. The van der Waals surface area contributed by atoms with E-state index in [2.05, 4.69) is 15.4 Å². The minimum absolute atomic E-state index is 0. The highest BCUT2D eigenvalue weighted by Crippen LogP contribution is 2.50. The zero-order valence-corrected chi connectivity index (χ0v) is 15.1. The van der Waals surface area contributed by atoms with Gasteiger partial charge < -0.3 is 15.3 Å². The van der Waals surface area contributed by atoms with E-state index >= 15 is 0 Å². The first-order valence-electron chi connectivity index (χ1n) is 8.26. The predicted octanol–water partition coefficient (Wildman–Crippen LogP) is 1.26. The van der Waals surface area contributed by atoms with Gasteiger partial charge in [-0.1, -0.05) is 0 Å². The van der Waals surface area contributed by atoms with Crippen molar-refractivity contribution < 1.29 is 14.7 Å². The zero-order valence-electron chi connectivity index (χ0n) is 14.3. The fourth-order valence-corrected chi connectivity index (χ4v) is 3.41. The molecule has 0 spiro atoms. The summed E-state index contributed by atoms with van der Waals surface area (Å²) in [5, 5.41) is 16.6. The average Bonchev–Trinajstić information content (AvgIpc) is 3.34. The molecule has 2 aromatic heterocycles. The first-order valence-corrected chi connectivity index (χ1v) is 8.26. The van der Waals surface area contributed by atoms with Crippen LogP contribution in [0, 0.1) is 0 Å². The lowest BCUT2D eigenvalue weighted by molar-refractivity contribution is 0.0683. The van der Waals surface area contributed by atoms with Gasteiger partial charge >= 0.3 is 5.97 Å². The number of nitrogens with zero attached hydrogens (tertiary/aromatic N) is 4. The molecular weight excluding hydrogens is 358 g/mol. The van der Waals surface area contributed by atoms with E-state index in [1.807, 2.05) is 4.68 Å². The van der Waals surface area contributed by atoms with Crippen LogP contribution in [0.1, 0.15) is 44.9 Å². The topological polar surface area (TPSA) is 100 Å². The Labute approximate surface area is 156 Å². The highest BCUT2D eigenvalue weighted by atomic mass is 35.5. The molecule has 9 heteroatoms. The fourth-order valence-electron chi connectivity index (χ4n) is 3.41. The summed E-state index contributed by atoms with van der Waals surface area (Å²) in [6, 6.07) is 3.24. The normalized spacial score (nSPS) is 17.0. The highest BCUT2D eigenvalue weighted by molar-refractivity contribution is 5.96. The summed E-state index contributed by atoms with van der Waals surface area (Å²) < 4.78 is 1.87. The van der Waals surface area contributed by atoms with Crippen molar-refractivity contribution in [2.45, 2.75) is 31.5 Å². The largest absolute Gasteiger partial charge is 0.478 e. The molecule has 2 N–H and O–H groups in total. The summed E-state index contributed by atoms with van der Waals surface area (Å²) in [7, 11) is 1.78. The molecule has 4 rings (SSSR count). The van der Waals surface area contributed by atoms with Gasteiger partial charge in [-0.05, 0) is 25.0 Å². The Balaban J connectivity index is 0.00000196. The van der Waals surface area contributed by atoms with Crippen molar-refractivity contribution in [3.63, 3.8) is 0 Å². The summed E-state index contributed by atoms with van der Waals surface area (Å²) in [5.74, 6) is -1.08. The standard InChI is InChI=1S/C17H19N5O3.ClH/c1-21(15(23)12-9-20-22-7-6-18-10-13(12)22)17(4-5-17)14-3-2-11(8-19-14)16(24)25;/h2-3,8-9,18H,4-7,10H2,1H3,(H,24,25);1H. The molecular formula is C17H20ClN5O3. The first kappa shape index (κ1) is 18.3. The Morgan fingerprint density at radius 3 is 2.69 bits per heavy atom. The van der Waals surface area contributed by atoms with Gasteiger partial charge in [0, 0.05) is 26.3 Å². The lowest BCUT2D eigenvalue weighted by Gasteiger charge is -2.28. The number of hydrogen-bond donors (Lipinski definition) is 2. The Bertz CT molecular complexity index is 845. The molecule has 26 heavy (non-hydrogen) atoms. The molecule has 2 aromatic rings. The van der Waals surface area contributed by atoms with Gasteiger partial charge in [0.1, 0.15) is 0 Å². The molecule has 1 amide bonds. The molecule has 2 aliphatic rings. The van der Waals surface area contributed by atoms with E-state index in [0.29, 0.717) is 12.1 Å². The van der Waals surface area contributed by atoms with Crippen LogP contribution in [0.4, 0.5) is 0 Å². The number of pyridine rings is 1. The molecule has 0 aromatic carbocycles. The predicted molar refractivity (Wildman–Crippen MR) is 95.4 cm³/mol. The maximum atomic E-state index is 13.0. The first-order chi connectivity index (χ1) is 12.0. The van der Waals surface area contributed by atoms with Gasteiger partial charge in [0.15, 0.2) is 0 Å². The van der Waals surface area contributed by atoms with Gasteiger partial charge in [0.05, 0.1) is 40.8 Å². The van der Waals surface area contributed by atoms with E-state index in [1.165, 1.54) is 12.3 Å². The summed E-state index contributed by atoms with van der Waals surface area (Å²) in [6.07, 6.45) is 4.62. The molecule has 1 fully saturated rings. The second-order valence-corrected chi connectivity index (χ2v) is 6.54. The van der Waals surface area contributed by atoms with Crippen molar-refractivity contribution in [3.05, 3.63) is 47.0 Å². The number of halogens is 1. The minimum atomic E-state index is -1.01. The number of carboxylic acids is 1. The Morgan fingerprint density at radius 1 is 1.31 bits per heavy atom. The quantitative estimate of drug-likeness (QED) is 0.832. The van der Waals surface area contributed by atoms with Crippen LogP contribution >= 0.6 is 12.4 Å².